The number of H-pyrrole nitrogens is 1. The van der Waals surface area contributed by atoms with Crippen LogP contribution < -0.4 is 0 Å². The van der Waals surface area contributed by atoms with Crippen molar-refractivity contribution in [2.24, 2.45) is 5.92 Å². The molecule has 0 spiro atoms. The number of nitrogens with one attached hydrogen (secondary N) is 1. The molecule has 1 fully saturated rings. The molecule has 1 saturated carbocycles. The first-order chi connectivity index (χ1) is 7.33. The first-order valence-electron chi connectivity index (χ1n) is 5.94. The Kier molecular flexibility index (Phi) is 3.57. The Morgan fingerprint density at radius 2 is 2.27 bits per heavy atom. The van der Waals surface area contributed by atoms with E-state index in [1.807, 2.05) is 6.33 Å². The summed E-state index contributed by atoms with van der Waals surface area (Å²) in [6, 6.07) is 0.552. The molecule has 0 aliphatic heterocycles. The number of hydrogen-bond donors (Lipinski definition) is 1. The van der Waals surface area contributed by atoms with E-state index < -0.39 is 0 Å². The Morgan fingerprint density at radius 3 is 2.80 bits per heavy atom. The van der Waals surface area contributed by atoms with Gasteiger partial charge in [-0.1, -0.05) is 26.2 Å². The van der Waals surface area contributed by atoms with Gasteiger partial charge >= 0.3 is 0 Å². The van der Waals surface area contributed by atoms with E-state index in [0.717, 1.165) is 17.1 Å². The van der Waals surface area contributed by atoms with Crippen LogP contribution in [0.4, 0.5) is 0 Å². The van der Waals surface area contributed by atoms with Crippen molar-refractivity contribution in [2.75, 3.05) is 0 Å². The zero-order valence-corrected chi connectivity index (χ0v) is 10.1. The molecule has 0 bridgehead atoms. The van der Waals surface area contributed by atoms with Crippen LogP contribution in [0, 0.1) is 10.7 Å². The lowest BCUT2D eigenvalue weighted by Gasteiger charge is -2.30. The summed E-state index contributed by atoms with van der Waals surface area (Å²) < 4.78 is 2.91. The largest absolute Gasteiger partial charge is 0.303 e. The Hall–Kier alpha value is -0.640. The van der Waals surface area contributed by atoms with E-state index in [1.165, 1.54) is 32.1 Å². The molecule has 1 atom stereocenters. The molecule has 0 saturated heterocycles. The summed E-state index contributed by atoms with van der Waals surface area (Å²) >= 11 is 5.24. The monoisotopic (exact) mass is 225 g/mol. The summed E-state index contributed by atoms with van der Waals surface area (Å²) in [4.78, 5) is 0. The van der Waals surface area contributed by atoms with Crippen LogP contribution in [0.3, 0.4) is 0 Å². The number of nitrogens with zero attached hydrogens (tertiary/aromatic N) is 2. The summed E-state index contributed by atoms with van der Waals surface area (Å²) in [6.45, 7) is 2.24. The fourth-order valence-corrected chi connectivity index (χ4v) is 3.00. The lowest BCUT2D eigenvalue weighted by molar-refractivity contribution is 0.241. The highest BCUT2D eigenvalue weighted by atomic mass is 32.1. The van der Waals surface area contributed by atoms with E-state index in [1.54, 1.807) is 0 Å². The highest BCUT2D eigenvalue weighted by Gasteiger charge is 2.23. The molecule has 1 aliphatic rings. The zero-order valence-electron chi connectivity index (χ0n) is 9.28. The molecule has 84 valence electrons. The van der Waals surface area contributed by atoms with E-state index in [-0.39, 0.29) is 0 Å². The number of rotatable bonds is 3. The van der Waals surface area contributed by atoms with E-state index in [9.17, 15) is 0 Å². The molecule has 0 amide bonds. The molecule has 1 aliphatic carbocycles. The summed E-state index contributed by atoms with van der Waals surface area (Å²) in [7, 11) is 0. The molecule has 1 heterocycles. The maximum atomic E-state index is 5.24. The second kappa shape index (κ2) is 4.92. The van der Waals surface area contributed by atoms with Crippen molar-refractivity contribution in [3.05, 3.63) is 11.1 Å². The summed E-state index contributed by atoms with van der Waals surface area (Å²) in [5.74, 6) is 0.799. The van der Waals surface area contributed by atoms with Gasteiger partial charge in [-0.05, 0) is 37.4 Å². The topological polar surface area (TPSA) is 33.6 Å². The molecule has 3 nitrogen and oxygen atoms in total. The second-order valence-corrected chi connectivity index (χ2v) is 4.83. The first-order valence-corrected chi connectivity index (χ1v) is 6.35. The van der Waals surface area contributed by atoms with Gasteiger partial charge in [0, 0.05) is 6.04 Å². The van der Waals surface area contributed by atoms with Crippen LogP contribution in [0.2, 0.25) is 0 Å². The van der Waals surface area contributed by atoms with Crippen LogP contribution >= 0.6 is 12.2 Å². The third-order valence-electron chi connectivity index (χ3n) is 3.55. The molecular formula is C11H19N3S. The van der Waals surface area contributed by atoms with Gasteiger partial charge in [-0.15, -0.1) is 0 Å². The Bertz CT molecular complexity index is 349. The van der Waals surface area contributed by atoms with Crippen molar-refractivity contribution in [3.8, 4) is 0 Å². The van der Waals surface area contributed by atoms with Gasteiger partial charge < -0.3 is 4.57 Å². The highest BCUT2D eigenvalue weighted by molar-refractivity contribution is 7.71. The smallest absolute Gasteiger partial charge is 0.195 e. The van der Waals surface area contributed by atoms with Crippen LogP contribution in [0.1, 0.15) is 51.5 Å². The normalized spacial score (nSPS) is 20.3. The second-order valence-electron chi connectivity index (χ2n) is 4.44. The van der Waals surface area contributed by atoms with Crippen molar-refractivity contribution >= 4 is 12.2 Å². The zero-order chi connectivity index (χ0) is 10.7. The summed E-state index contributed by atoms with van der Waals surface area (Å²) in [5, 5.41) is 6.87. The van der Waals surface area contributed by atoms with Crippen LogP contribution in [-0.2, 0) is 0 Å². The minimum absolute atomic E-state index is 0.552. The molecule has 4 heteroatoms. The Labute approximate surface area is 95.9 Å². The third-order valence-corrected chi connectivity index (χ3v) is 3.85. The maximum Gasteiger partial charge on any atom is 0.195 e. The molecule has 15 heavy (non-hydrogen) atoms. The van der Waals surface area contributed by atoms with Gasteiger partial charge in [0.2, 0.25) is 0 Å². The van der Waals surface area contributed by atoms with Crippen molar-refractivity contribution in [1.82, 2.24) is 14.8 Å². The van der Waals surface area contributed by atoms with Gasteiger partial charge in [-0.2, -0.15) is 5.10 Å². The highest BCUT2D eigenvalue weighted by Crippen LogP contribution is 2.34. The number of aromatic amines is 1. The molecule has 1 unspecified atom stereocenters. The van der Waals surface area contributed by atoms with Gasteiger partial charge in [0.15, 0.2) is 4.77 Å². The molecule has 0 radical (unpaired) electrons. The average molecular weight is 225 g/mol. The molecule has 1 aromatic rings. The molecule has 1 aromatic heterocycles. The van der Waals surface area contributed by atoms with Gasteiger partial charge in [0.05, 0.1) is 0 Å². The van der Waals surface area contributed by atoms with E-state index in [4.69, 9.17) is 12.2 Å². The van der Waals surface area contributed by atoms with Gasteiger partial charge in [0.1, 0.15) is 6.33 Å². The minimum Gasteiger partial charge on any atom is -0.303 e. The van der Waals surface area contributed by atoms with Crippen molar-refractivity contribution in [2.45, 2.75) is 51.5 Å². The summed E-state index contributed by atoms with van der Waals surface area (Å²) in [5.41, 5.74) is 0. The quantitative estimate of drug-likeness (QED) is 0.799. The molecule has 2 rings (SSSR count). The molecular weight excluding hydrogens is 206 g/mol. The third kappa shape index (κ3) is 2.30. The lowest BCUT2D eigenvalue weighted by atomic mass is 9.83. The minimum atomic E-state index is 0.552. The standard InChI is InChI=1S/C11H19N3S/c1-2-10(9-6-4-3-5-7-9)14-8-12-13-11(14)15/h8-10H,2-7H2,1H3,(H,13,15). The van der Waals surface area contributed by atoms with Crippen molar-refractivity contribution in [1.29, 1.82) is 0 Å². The van der Waals surface area contributed by atoms with Crippen molar-refractivity contribution in [3.63, 3.8) is 0 Å². The van der Waals surface area contributed by atoms with Gasteiger partial charge in [0.25, 0.3) is 0 Å². The van der Waals surface area contributed by atoms with Crippen LogP contribution in [0.5, 0.6) is 0 Å². The molecule has 0 aromatic carbocycles. The SMILES string of the molecule is CCC(C1CCCCC1)n1cn[nH]c1=S. The predicted octanol–water partition coefficient (Wildman–Crippen LogP) is 3.47. The van der Waals surface area contributed by atoms with Gasteiger partial charge in [-0.3, -0.25) is 5.10 Å². The van der Waals surface area contributed by atoms with Crippen LogP contribution in [0.25, 0.3) is 0 Å². The van der Waals surface area contributed by atoms with E-state index in [0.29, 0.717) is 6.04 Å². The lowest BCUT2D eigenvalue weighted by Crippen LogP contribution is -2.21. The Balaban J connectivity index is 2.16. The van der Waals surface area contributed by atoms with Crippen molar-refractivity contribution < 1.29 is 0 Å². The Morgan fingerprint density at radius 1 is 1.53 bits per heavy atom. The van der Waals surface area contributed by atoms with Crippen LogP contribution in [0.15, 0.2) is 6.33 Å². The first kappa shape index (κ1) is 10.9. The maximum absolute atomic E-state index is 5.24. The van der Waals surface area contributed by atoms with Crippen LogP contribution in [-0.4, -0.2) is 14.8 Å². The van der Waals surface area contributed by atoms with E-state index >= 15 is 0 Å². The van der Waals surface area contributed by atoms with Gasteiger partial charge in [-0.25, -0.2) is 0 Å². The number of hydrogen-bond acceptors (Lipinski definition) is 2. The number of aromatic nitrogens is 3. The summed E-state index contributed by atoms with van der Waals surface area (Å²) in [6.07, 6.45) is 9.88. The predicted molar refractivity (Wildman–Crippen MR) is 63.3 cm³/mol. The average Bonchev–Trinajstić information content (AvgIpc) is 2.68. The van der Waals surface area contributed by atoms with E-state index in [2.05, 4.69) is 21.7 Å². The molecule has 1 N–H and O–H groups in total. The fraction of sp³-hybridized carbons (Fsp3) is 0.818. The fourth-order valence-electron chi connectivity index (χ4n) is 2.77.